The van der Waals surface area contributed by atoms with Gasteiger partial charge in [0.2, 0.25) is 0 Å². The number of benzene rings is 1. The van der Waals surface area contributed by atoms with Crippen LogP contribution in [-0.4, -0.2) is 30.3 Å². The van der Waals surface area contributed by atoms with E-state index in [1.807, 2.05) is 0 Å². The normalized spacial score (nSPS) is 11.7. The highest BCUT2D eigenvalue weighted by Gasteiger charge is 2.20. The van der Waals surface area contributed by atoms with Gasteiger partial charge in [0.15, 0.2) is 6.10 Å². The molecule has 21 heavy (non-hydrogen) atoms. The Morgan fingerprint density at radius 2 is 1.81 bits per heavy atom. The molecule has 0 saturated heterocycles. The van der Waals surface area contributed by atoms with Crippen molar-refractivity contribution in [3.63, 3.8) is 0 Å². The minimum absolute atomic E-state index is 0.180. The number of carbonyl (C=O) groups excluding carboxylic acids is 1. The minimum atomic E-state index is -0.995. The number of ether oxygens (including phenoxy) is 2. The van der Waals surface area contributed by atoms with Crippen LogP contribution >= 0.6 is 0 Å². The first-order valence-corrected chi connectivity index (χ1v) is 7.16. The summed E-state index contributed by atoms with van der Waals surface area (Å²) in [5.74, 6) is -0.940. The van der Waals surface area contributed by atoms with Gasteiger partial charge in [0.05, 0.1) is 12.7 Å². The van der Waals surface area contributed by atoms with Gasteiger partial charge in [-0.05, 0) is 37.1 Å². The number of esters is 1. The molecule has 5 nitrogen and oxygen atoms in total. The maximum atomic E-state index is 11.7. The minimum Gasteiger partial charge on any atom is -0.479 e. The lowest BCUT2D eigenvalue weighted by molar-refractivity contribution is -0.149. The van der Waals surface area contributed by atoms with Crippen LogP contribution in [-0.2, 0) is 9.53 Å². The van der Waals surface area contributed by atoms with E-state index in [0.717, 1.165) is 25.7 Å². The highest BCUT2D eigenvalue weighted by atomic mass is 16.6. The Labute approximate surface area is 124 Å². The highest BCUT2D eigenvalue weighted by molar-refractivity contribution is 5.87. The van der Waals surface area contributed by atoms with Crippen molar-refractivity contribution in [3.8, 4) is 5.75 Å². The molecule has 0 fully saturated rings. The van der Waals surface area contributed by atoms with Gasteiger partial charge in [0.25, 0.3) is 0 Å². The molecule has 0 aromatic heterocycles. The molecule has 116 valence electrons. The van der Waals surface area contributed by atoms with E-state index in [1.54, 1.807) is 12.1 Å². The topological polar surface area (TPSA) is 72.8 Å². The summed E-state index contributed by atoms with van der Waals surface area (Å²) < 4.78 is 10.4. The summed E-state index contributed by atoms with van der Waals surface area (Å²) in [5, 5.41) is 8.84. The summed E-state index contributed by atoms with van der Waals surface area (Å²) in [6, 6.07) is 5.99. The zero-order valence-corrected chi connectivity index (χ0v) is 12.5. The number of carboxylic acids is 1. The Morgan fingerprint density at radius 3 is 2.33 bits per heavy atom. The molecule has 0 heterocycles. The van der Waals surface area contributed by atoms with Crippen LogP contribution in [0.2, 0.25) is 0 Å². The Kier molecular flexibility index (Phi) is 7.29. The zero-order chi connectivity index (χ0) is 15.7. The number of carboxylic acid groups (broad SMARTS) is 1. The predicted octanol–water partition coefficient (Wildman–Crippen LogP) is 3.28. The second-order valence-electron chi connectivity index (χ2n) is 4.81. The van der Waals surface area contributed by atoms with Crippen molar-refractivity contribution in [1.29, 1.82) is 0 Å². The van der Waals surface area contributed by atoms with Gasteiger partial charge < -0.3 is 14.6 Å². The van der Waals surface area contributed by atoms with Crippen molar-refractivity contribution in [2.24, 2.45) is 0 Å². The molecule has 0 amide bonds. The molecular weight excluding hydrogens is 272 g/mol. The lowest BCUT2D eigenvalue weighted by Gasteiger charge is -2.17. The zero-order valence-electron chi connectivity index (χ0n) is 12.5. The van der Waals surface area contributed by atoms with Crippen LogP contribution in [0.1, 0.15) is 49.4 Å². The Hall–Kier alpha value is -2.04. The van der Waals surface area contributed by atoms with Crippen molar-refractivity contribution in [2.45, 2.75) is 45.1 Å². The SMILES string of the molecule is CCCCCCC(Oc1ccc(C(=O)O)cc1)C(=O)OC. The molecular formula is C16H22O5. The van der Waals surface area contributed by atoms with E-state index in [4.69, 9.17) is 14.6 Å². The molecule has 0 aliphatic rings. The van der Waals surface area contributed by atoms with Gasteiger partial charge in [-0.3, -0.25) is 0 Å². The Morgan fingerprint density at radius 1 is 1.14 bits per heavy atom. The van der Waals surface area contributed by atoms with Crippen molar-refractivity contribution in [3.05, 3.63) is 29.8 Å². The van der Waals surface area contributed by atoms with E-state index in [9.17, 15) is 9.59 Å². The molecule has 0 aliphatic carbocycles. The number of unbranched alkanes of at least 4 members (excludes halogenated alkanes) is 3. The van der Waals surface area contributed by atoms with Crippen LogP contribution in [0, 0.1) is 0 Å². The third kappa shape index (κ3) is 5.85. The Bertz CT molecular complexity index is 452. The summed E-state index contributed by atoms with van der Waals surface area (Å²) in [5.41, 5.74) is 0.180. The average molecular weight is 294 g/mol. The van der Waals surface area contributed by atoms with Gasteiger partial charge in [-0.25, -0.2) is 9.59 Å². The van der Waals surface area contributed by atoms with Gasteiger partial charge in [-0.1, -0.05) is 26.2 Å². The van der Waals surface area contributed by atoms with Crippen LogP contribution in [0.3, 0.4) is 0 Å². The molecule has 1 rings (SSSR count). The molecule has 0 aliphatic heterocycles. The fourth-order valence-electron chi connectivity index (χ4n) is 1.95. The first kappa shape index (κ1) is 17.0. The quantitative estimate of drug-likeness (QED) is 0.559. The van der Waals surface area contributed by atoms with Crippen molar-refractivity contribution in [2.75, 3.05) is 7.11 Å². The summed E-state index contributed by atoms with van der Waals surface area (Å²) in [6.45, 7) is 2.12. The molecule has 1 N–H and O–H groups in total. The third-order valence-corrected chi connectivity index (χ3v) is 3.16. The highest BCUT2D eigenvalue weighted by Crippen LogP contribution is 2.17. The van der Waals surface area contributed by atoms with Gasteiger partial charge in [0.1, 0.15) is 5.75 Å². The van der Waals surface area contributed by atoms with Crippen molar-refractivity contribution in [1.82, 2.24) is 0 Å². The molecule has 0 saturated carbocycles. The first-order valence-electron chi connectivity index (χ1n) is 7.16. The van der Waals surface area contributed by atoms with E-state index < -0.39 is 18.0 Å². The molecule has 1 aromatic rings. The molecule has 1 unspecified atom stereocenters. The number of rotatable bonds is 9. The summed E-state index contributed by atoms with van der Waals surface area (Å²) in [6.07, 6.45) is 4.13. The first-order chi connectivity index (χ1) is 10.1. The fraction of sp³-hybridized carbons (Fsp3) is 0.500. The summed E-state index contributed by atoms with van der Waals surface area (Å²) in [4.78, 5) is 22.5. The van der Waals surface area contributed by atoms with Crippen molar-refractivity contribution >= 4 is 11.9 Å². The molecule has 0 radical (unpaired) electrons. The number of methoxy groups -OCH3 is 1. The average Bonchev–Trinajstić information content (AvgIpc) is 2.50. The lowest BCUT2D eigenvalue weighted by atomic mass is 10.1. The van der Waals surface area contributed by atoms with Crippen LogP contribution in [0.25, 0.3) is 0 Å². The molecule has 5 heteroatoms. The van der Waals surface area contributed by atoms with Crippen LogP contribution in [0.4, 0.5) is 0 Å². The van der Waals surface area contributed by atoms with E-state index in [0.29, 0.717) is 12.2 Å². The van der Waals surface area contributed by atoms with E-state index in [-0.39, 0.29) is 5.56 Å². The number of carbonyl (C=O) groups is 2. The van der Waals surface area contributed by atoms with Gasteiger partial charge in [0, 0.05) is 0 Å². The van der Waals surface area contributed by atoms with Gasteiger partial charge in [-0.15, -0.1) is 0 Å². The van der Waals surface area contributed by atoms with E-state index in [1.165, 1.54) is 19.2 Å². The predicted molar refractivity (Wildman–Crippen MR) is 78.6 cm³/mol. The van der Waals surface area contributed by atoms with Gasteiger partial charge in [-0.2, -0.15) is 0 Å². The number of hydrogen-bond donors (Lipinski definition) is 1. The van der Waals surface area contributed by atoms with Gasteiger partial charge >= 0.3 is 11.9 Å². The smallest absolute Gasteiger partial charge is 0.347 e. The van der Waals surface area contributed by atoms with E-state index in [2.05, 4.69) is 6.92 Å². The van der Waals surface area contributed by atoms with Crippen molar-refractivity contribution < 1.29 is 24.2 Å². The number of aromatic carboxylic acids is 1. The van der Waals surface area contributed by atoms with Crippen LogP contribution in [0.5, 0.6) is 5.75 Å². The second kappa shape index (κ2) is 9.00. The fourth-order valence-corrected chi connectivity index (χ4v) is 1.95. The van der Waals surface area contributed by atoms with Crippen LogP contribution < -0.4 is 4.74 Å². The second-order valence-corrected chi connectivity index (χ2v) is 4.81. The molecule has 1 atom stereocenters. The molecule has 0 bridgehead atoms. The molecule has 0 spiro atoms. The third-order valence-electron chi connectivity index (χ3n) is 3.16. The maximum absolute atomic E-state index is 11.7. The summed E-state index contributed by atoms with van der Waals surface area (Å²) in [7, 11) is 1.33. The standard InChI is InChI=1S/C16H22O5/c1-3-4-5-6-7-14(16(19)20-2)21-13-10-8-12(9-11-13)15(17)18/h8-11,14H,3-7H2,1-2H3,(H,17,18). The summed E-state index contributed by atoms with van der Waals surface area (Å²) >= 11 is 0. The van der Waals surface area contributed by atoms with E-state index >= 15 is 0 Å². The largest absolute Gasteiger partial charge is 0.479 e. The van der Waals surface area contributed by atoms with Crippen LogP contribution in [0.15, 0.2) is 24.3 Å². The number of hydrogen-bond acceptors (Lipinski definition) is 4. The molecule has 1 aromatic carbocycles. The monoisotopic (exact) mass is 294 g/mol. The lowest BCUT2D eigenvalue weighted by Crippen LogP contribution is -2.28. The maximum Gasteiger partial charge on any atom is 0.347 e. The Balaban J connectivity index is 2.62.